The van der Waals surface area contributed by atoms with E-state index >= 15 is 0 Å². The lowest BCUT2D eigenvalue weighted by atomic mass is 9.99. The van der Waals surface area contributed by atoms with Gasteiger partial charge < -0.3 is 10.6 Å². The molecule has 1 aromatic rings. The van der Waals surface area contributed by atoms with Crippen molar-refractivity contribution in [3.8, 4) is 6.07 Å². The van der Waals surface area contributed by atoms with Gasteiger partial charge in [-0.1, -0.05) is 30.3 Å². The molecular formula is C13H15N3O2. The second-order valence-electron chi connectivity index (χ2n) is 4.03. The van der Waals surface area contributed by atoms with Crippen molar-refractivity contribution >= 4 is 11.8 Å². The molecule has 2 N–H and O–H groups in total. The van der Waals surface area contributed by atoms with E-state index in [4.69, 9.17) is 11.0 Å². The van der Waals surface area contributed by atoms with Gasteiger partial charge in [0.15, 0.2) is 0 Å². The molecule has 2 amide bonds. The van der Waals surface area contributed by atoms with Crippen LogP contribution in [0.15, 0.2) is 30.3 Å². The van der Waals surface area contributed by atoms with Gasteiger partial charge in [-0.15, -0.1) is 0 Å². The Hall–Kier alpha value is -2.35. The number of rotatable bonds is 5. The number of benzene rings is 1. The van der Waals surface area contributed by atoms with E-state index in [1.807, 2.05) is 36.4 Å². The zero-order valence-electron chi connectivity index (χ0n) is 10.2. The van der Waals surface area contributed by atoms with Crippen LogP contribution in [0.25, 0.3) is 0 Å². The van der Waals surface area contributed by atoms with Gasteiger partial charge in [0, 0.05) is 7.05 Å². The number of nitriles is 1. The highest BCUT2D eigenvalue weighted by molar-refractivity contribution is 5.86. The highest BCUT2D eigenvalue weighted by Crippen LogP contribution is 2.10. The number of hydrogen-bond acceptors (Lipinski definition) is 3. The first-order valence-electron chi connectivity index (χ1n) is 5.51. The van der Waals surface area contributed by atoms with Crippen molar-refractivity contribution in [2.75, 3.05) is 13.6 Å². The molecule has 0 bridgehead atoms. The number of nitrogens with two attached hydrogens (primary N) is 1. The molecule has 0 spiro atoms. The van der Waals surface area contributed by atoms with Crippen LogP contribution >= 0.6 is 0 Å². The molecule has 0 saturated carbocycles. The zero-order valence-corrected chi connectivity index (χ0v) is 10.2. The van der Waals surface area contributed by atoms with E-state index in [1.54, 1.807) is 0 Å². The second kappa shape index (κ2) is 6.40. The quantitative estimate of drug-likeness (QED) is 0.810. The van der Waals surface area contributed by atoms with Crippen LogP contribution in [0.5, 0.6) is 0 Å². The molecule has 5 nitrogen and oxygen atoms in total. The van der Waals surface area contributed by atoms with E-state index in [2.05, 4.69) is 0 Å². The lowest BCUT2D eigenvalue weighted by Crippen LogP contribution is -2.39. The molecule has 0 aliphatic rings. The van der Waals surface area contributed by atoms with Crippen molar-refractivity contribution in [1.82, 2.24) is 4.90 Å². The van der Waals surface area contributed by atoms with Crippen molar-refractivity contribution in [3.63, 3.8) is 0 Å². The summed E-state index contributed by atoms with van der Waals surface area (Å²) in [4.78, 5) is 23.8. The molecular weight excluding hydrogens is 230 g/mol. The molecule has 1 atom stereocenters. The Labute approximate surface area is 106 Å². The Morgan fingerprint density at radius 2 is 2.00 bits per heavy atom. The summed E-state index contributed by atoms with van der Waals surface area (Å²) in [7, 11) is 1.46. The first-order valence-corrected chi connectivity index (χ1v) is 5.51. The van der Waals surface area contributed by atoms with Crippen molar-refractivity contribution in [3.05, 3.63) is 35.9 Å². The number of carbonyl (C=O) groups excluding carboxylic acids is 2. The molecule has 94 valence electrons. The largest absolute Gasteiger partial charge is 0.368 e. The minimum absolute atomic E-state index is 0.175. The van der Waals surface area contributed by atoms with Gasteiger partial charge in [0.2, 0.25) is 11.8 Å². The summed E-state index contributed by atoms with van der Waals surface area (Å²) >= 11 is 0. The molecule has 1 unspecified atom stereocenters. The zero-order chi connectivity index (χ0) is 13.5. The van der Waals surface area contributed by atoms with E-state index < -0.39 is 11.8 Å². The maximum atomic E-state index is 11.9. The van der Waals surface area contributed by atoms with E-state index in [1.165, 1.54) is 11.9 Å². The maximum absolute atomic E-state index is 11.9. The number of hydrogen-bond donors (Lipinski definition) is 1. The average Bonchev–Trinajstić information content (AvgIpc) is 2.35. The van der Waals surface area contributed by atoms with Gasteiger partial charge in [-0.3, -0.25) is 9.59 Å². The van der Waals surface area contributed by atoms with Gasteiger partial charge in [-0.2, -0.15) is 5.26 Å². The van der Waals surface area contributed by atoms with Crippen LogP contribution in [0, 0.1) is 17.2 Å². The summed E-state index contributed by atoms with van der Waals surface area (Å²) in [5, 5.41) is 9.03. The van der Waals surface area contributed by atoms with Gasteiger partial charge in [-0.05, 0) is 12.0 Å². The lowest BCUT2D eigenvalue weighted by molar-refractivity contribution is -0.135. The Morgan fingerprint density at radius 1 is 1.39 bits per heavy atom. The fourth-order valence-electron chi connectivity index (χ4n) is 1.62. The summed E-state index contributed by atoms with van der Waals surface area (Å²) in [5.41, 5.74) is 5.92. The molecule has 0 saturated heterocycles. The summed E-state index contributed by atoms with van der Waals surface area (Å²) in [6, 6.07) is 11.2. The van der Waals surface area contributed by atoms with Gasteiger partial charge >= 0.3 is 0 Å². The lowest BCUT2D eigenvalue weighted by Gasteiger charge is -2.18. The standard InChI is InChI=1S/C13H15N3O2/c1-16(9-12(15)17)13(18)11(8-14)7-10-5-3-2-4-6-10/h2-6,11H,7,9H2,1H3,(H2,15,17). The minimum atomic E-state index is -0.795. The maximum Gasteiger partial charge on any atom is 0.240 e. The van der Waals surface area contributed by atoms with Gasteiger partial charge in [-0.25, -0.2) is 0 Å². The molecule has 1 rings (SSSR count). The van der Waals surface area contributed by atoms with Gasteiger partial charge in [0.1, 0.15) is 5.92 Å². The van der Waals surface area contributed by atoms with E-state index in [9.17, 15) is 9.59 Å². The third-order valence-electron chi connectivity index (χ3n) is 2.51. The molecule has 0 aromatic heterocycles. The highest BCUT2D eigenvalue weighted by atomic mass is 16.2. The summed E-state index contributed by atoms with van der Waals surface area (Å²) in [5.74, 6) is -1.78. The molecule has 0 aliphatic carbocycles. The number of carbonyl (C=O) groups is 2. The van der Waals surface area contributed by atoms with Crippen molar-refractivity contribution in [2.24, 2.45) is 11.7 Å². The van der Waals surface area contributed by atoms with Crippen LogP contribution in [0.3, 0.4) is 0 Å². The first kappa shape index (κ1) is 13.7. The second-order valence-corrected chi connectivity index (χ2v) is 4.03. The first-order chi connectivity index (χ1) is 8.54. The Kier molecular flexibility index (Phi) is 4.88. The van der Waals surface area contributed by atoms with Crippen molar-refractivity contribution in [1.29, 1.82) is 5.26 Å². The van der Waals surface area contributed by atoms with Crippen LogP contribution in [0.1, 0.15) is 5.56 Å². The third-order valence-corrected chi connectivity index (χ3v) is 2.51. The van der Waals surface area contributed by atoms with Crippen LogP contribution < -0.4 is 5.73 Å². The van der Waals surface area contributed by atoms with Crippen molar-refractivity contribution < 1.29 is 9.59 Å². The predicted octanol–water partition coefficient (Wildman–Crippen LogP) is 0.313. The average molecular weight is 245 g/mol. The number of primary amides is 1. The van der Waals surface area contributed by atoms with Crippen molar-refractivity contribution in [2.45, 2.75) is 6.42 Å². The third kappa shape index (κ3) is 3.91. The SMILES string of the molecule is CN(CC(N)=O)C(=O)C(C#N)Cc1ccccc1. The molecule has 0 aliphatic heterocycles. The van der Waals surface area contributed by atoms with Crippen LogP contribution in [-0.2, 0) is 16.0 Å². The number of amides is 2. The topological polar surface area (TPSA) is 87.2 Å². The van der Waals surface area contributed by atoms with Crippen LogP contribution in [-0.4, -0.2) is 30.3 Å². The summed E-state index contributed by atoms with van der Waals surface area (Å²) in [6.07, 6.45) is 0.333. The molecule has 0 fully saturated rings. The van der Waals surface area contributed by atoms with E-state index in [0.717, 1.165) is 5.56 Å². The summed E-state index contributed by atoms with van der Waals surface area (Å²) in [6.45, 7) is -0.175. The molecule has 0 radical (unpaired) electrons. The van der Waals surface area contributed by atoms with Gasteiger partial charge in [0.05, 0.1) is 12.6 Å². The Morgan fingerprint density at radius 3 is 2.50 bits per heavy atom. The Balaban J connectivity index is 2.70. The van der Waals surface area contributed by atoms with Crippen LogP contribution in [0.2, 0.25) is 0 Å². The normalized spacial score (nSPS) is 11.3. The molecule has 0 heterocycles. The fraction of sp³-hybridized carbons (Fsp3) is 0.308. The predicted molar refractivity (Wildman–Crippen MR) is 66.1 cm³/mol. The highest BCUT2D eigenvalue weighted by Gasteiger charge is 2.22. The number of likely N-dealkylation sites (N-methyl/N-ethyl adjacent to an activating group) is 1. The fourth-order valence-corrected chi connectivity index (χ4v) is 1.62. The molecule has 5 heteroatoms. The number of nitrogens with zero attached hydrogens (tertiary/aromatic N) is 2. The van der Waals surface area contributed by atoms with Crippen LogP contribution in [0.4, 0.5) is 0 Å². The molecule has 18 heavy (non-hydrogen) atoms. The van der Waals surface area contributed by atoms with Gasteiger partial charge in [0.25, 0.3) is 0 Å². The Bertz CT molecular complexity index is 465. The summed E-state index contributed by atoms with van der Waals surface area (Å²) < 4.78 is 0. The van der Waals surface area contributed by atoms with E-state index in [0.29, 0.717) is 6.42 Å². The monoisotopic (exact) mass is 245 g/mol. The molecule has 1 aromatic carbocycles. The smallest absolute Gasteiger partial charge is 0.240 e. The van der Waals surface area contributed by atoms with E-state index in [-0.39, 0.29) is 12.5 Å². The minimum Gasteiger partial charge on any atom is -0.368 e.